The molecular weight excluding hydrogens is 304 g/mol. The number of nitrogens with zero attached hydrogens (tertiary/aromatic N) is 1. The van der Waals surface area contributed by atoms with E-state index in [1.165, 1.54) is 13.2 Å². The van der Waals surface area contributed by atoms with Crippen LogP contribution in [-0.4, -0.2) is 20.1 Å². The third-order valence-electron chi connectivity index (χ3n) is 3.41. The number of anilines is 1. The Morgan fingerprint density at radius 1 is 1.12 bits per heavy atom. The maximum Gasteiger partial charge on any atom is 0.266 e. The average molecular weight is 322 g/mol. The molecule has 1 N–H and O–H groups in total. The van der Waals surface area contributed by atoms with Crippen molar-refractivity contribution in [3.8, 4) is 17.6 Å². The van der Waals surface area contributed by atoms with Crippen LogP contribution >= 0.6 is 0 Å². The van der Waals surface area contributed by atoms with Gasteiger partial charge in [-0.2, -0.15) is 5.26 Å². The molecule has 0 radical (unpaired) electrons. The van der Waals surface area contributed by atoms with E-state index in [9.17, 15) is 10.1 Å². The van der Waals surface area contributed by atoms with Gasteiger partial charge in [-0.05, 0) is 43.3 Å². The molecule has 0 aliphatic heterocycles. The predicted molar refractivity (Wildman–Crippen MR) is 92.9 cm³/mol. The number of ether oxygens (including phenoxy) is 2. The Balaban J connectivity index is 2.30. The molecule has 0 unspecified atom stereocenters. The Morgan fingerprint density at radius 3 is 2.42 bits per heavy atom. The van der Waals surface area contributed by atoms with Crippen molar-refractivity contribution >= 4 is 17.7 Å². The first-order valence-electron chi connectivity index (χ1n) is 7.29. The van der Waals surface area contributed by atoms with Crippen molar-refractivity contribution in [3.63, 3.8) is 0 Å². The van der Waals surface area contributed by atoms with Gasteiger partial charge in [-0.15, -0.1) is 0 Å². The van der Waals surface area contributed by atoms with Crippen LogP contribution in [0.25, 0.3) is 6.08 Å². The molecule has 0 fully saturated rings. The SMILES string of the molecule is COc1ccc(OC)c(/C=C(\C#N)C(=O)Nc2ccc(C)cc2)c1. The highest BCUT2D eigenvalue weighted by molar-refractivity contribution is 6.09. The lowest BCUT2D eigenvalue weighted by molar-refractivity contribution is -0.112. The Hall–Kier alpha value is -3.26. The number of amides is 1. The van der Waals surface area contributed by atoms with Gasteiger partial charge < -0.3 is 14.8 Å². The van der Waals surface area contributed by atoms with Crippen molar-refractivity contribution in [2.24, 2.45) is 0 Å². The summed E-state index contributed by atoms with van der Waals surface area (Å²) in [6.07, 6.45) is 1.48. The highest BCUT2D eigenvalue weighted by Gasteiger charge is 2.12. The molecule has 0 aliphatic carbocycles. The Morgan fingerprint density at radius 2 is 1.83 bits per heavy atom. The lowest BCUT2D eigenvalue weighted by Crippen LogP contribution is -2.13. The second-order valence-corrected chi connectivity index (χ2v) is 5.10. The number of rotatable bonds is 5. The number of methoxy groups -OCH3 is 2. The molecule has 0 saturated heterocycles. The van der Waals surface area contributed by atoms with Gasteiger partial charge >= 0.3 is 0 Å². The minimum absolute atomic E-state index is 0.0258. The zero-order chi connectivity index (χ0) is 17.5. The topological polar surface area (TPSA) is 71.3 Å². The molecular formula is C19H18N2O3. The Labute approximate surface area is 141 Å². The van der Waals surface area contributed by atoms with E-state index in [1.807, 2.05) is 25.1 Å². The van der Waals surface area contributed by atoms with Crippen molar-refractivity contribution in [2.45, 2.75) is 6.92 Å². The van der Waals surface area contributed by atoms with E-state index < -0.39 is 5.91 Å². The molecule has 5 heteroatoms. The molecule has 24 heavy (non-hydrogen) atoms. The van der Waals surface area contributed by atoms with Crippen molar-refractivity contribution in [1.82, 2.24) is 0 Å². The molecule has 2 aromatic carbocycles. The van der Waals surface area contributed by atoms with Gasteiger partial charge in [-0.3, -0.25) is 4.79 Å². The van der Waals surface area contributed by atoms with E-state index in [-0.39, 0.29) is 5.57 Å². The molecule has 0 saturated carbocycles. The fourth-order valence-electron chi connectivity index (χ4n) is 2.09. The minimum Gasteiger partial charge on any atom is -0.497 e. The Bertz CT molecular complexity index is 802. The molecule has 0 aliphatic rings. The molecule has 0 spiro atoms. The van der Waals surface area contributed by atoms with E-state index in [2.05, 4.69) is 5.32 Å². The normalized spacial score (nSPS) is 10.7. The van der Waals surface area contributed by atoms with Crippen LogP contribution in [-0.2, 0) is 4.79 Å². The highest BCUT2D eigenvalue weighted by Crippen LogP contribution is 2.26. The van der Waals surface area contributed by atoms with E-state index in [0.717, 1.165) is 5.56 Å². The summed E-state index contributed by atoms with van der Waals surface area (Å²) in [5.74, 6) is 0.677. The summed E-state index contributed by atoms with van der Waals surface area (Å²) in [5, 5.41) is 12.0. The first kappa shape index (κ1) is 17.1. The van der Waals surface area contributed by atoms with Crippen molar-refractivity contribution in [1.29, 1.82) is 5.26 Å². The first-order chi connectivity index (χ1) is 11.6. The molecule has 5 nitrogen and oxygen atoms in total. The molecule has 122 valence electrons. The average Bonchev–Trinajstić information content (AvgIpc) is 2.61. The van der Waals surface area contributed by atoms with E-state index >= 15 is 0 Å². The molecule has 2 aromatic rings. The van der Waals surface area contributed by atoms with Crippen LogP contribution in [0.5, 0.6) is 11.5 Å². The van der Waals surface area contributed by atoms with Gasteiger partial charge in [0, 0.05) is 11.3 Å². The van der Waals surface area contributed by atoms with E-state index in [1.54, 1.807) is 37.4 Å². The van der Waals surface area contributed by atoms with Gasteiger partial charge in [0.2, 0.25) is 0 Å². The number of hydrogen-bond donors (Lipinski definition) is 1. The molecule has 1 amide bonds. The Kier molecular flexibility index (Phi) is 5.58. The summed E-state index contributed by atoms with van der Waals surface area (Å²) in [5.41, 5.74) is 2.28. The maximum absolute atomic E-state index is 12.3. The van der Waals surface area contributed by atoms with Crippen molar-refractivity contribution in [2.75, 3.05) is 19.5 Å². The van der Waals surface area contributed by atoms with Crippen LogP contribution in [0.15, 0.2) is 48.0 Å². The fraction of sp³-hybridized carbons (Fsp3) is 0.158. The smallest absolute Gasteiger partial charge is 0.266 e. The standard InChI is InChI=1S/C19H18N2O3/c1-13-4-6-16(7-5-13)21-19(22)15(12-20)10-14-11-17(23-2)8-9-18(14)24-3/h4-11H,1-3H3,(H,21,22)/b15-10+. The van der Waals surface area contributed by atoms with Gasteiger partial charge in [0.15, 0.2) is 0 Å². The summed E-state index contributed by atoms with van der Waals surface area (Å²) in [7, 11) is 3.07. The first-order valence-corrected chi connectivity index (χ1v) is 7.29. The molecule has 0 heterocycles. The van der Waals surface area contributed by atoms with Crippen LogP contribution in [0, 0.1) is 18.3 Å². The van der Waals surface area contributed by atoms with Crippen LogP contribution < -0.4 is 14.8 Å². The second-order valence-electron chi connectivity index (χ2n) is 5.10. The number of nitriles is 1. The lowest BCUT2D eigenvalue weighted by Gasteiger charge is -2.08. The number of nitrogens with one attached hydrogen (secondary N) is 1. The van der Waals surface area contributed by atoms with Gasteiger partial charge in [-0.1, -0.05) is 17.7 Å². The number of aryl methyl sites for hydroxylation is 1. The van der Waals surface area contributed by atoms with E-state index in [0.29, 0.717) is 22.7 Å². The van der Waals surface area contributed by atoms with Gasteiger partial charge in [0.25, 0.3) is 5.91 Å². The van der Waals surface area contributed by atoms with Crippen molar-refractivity contribution in [3.05, 3.63) is 59.2 Å². The fourth-order valence-corrected chi connectivity index (χ4v) is 2.09. The van der Waals surface area contributed by atoms with Crippen LogP contribution in [0.3, 0.4) is 0 Å². The summed E-state index contributed by atoms with van der Waals surface area (Å²) < 4.78 is 10.4. The quantitative estimate of drug-likeness (QED) is 0.675. The van der Waals surface area contributed by atoms with Crippen molar-refractivity contribution < 1.29 is 14.3 Å². The van der Waals surface area contributed by atoms with E-state index in [4.69, 9.17) is 9.47 Å². The summed E-state index contributed by atoms with van der Waals surface area (Å²) in [6.45, 7) is 1.96. The number of benzene rings is 2. The number of carbonyl (C=O) groups excluding carboxylic acids is 1. The number of carbonyl (C=O) groups is 1. The second kappa shape index (κ2) is 7.84. The maximum atomic E-state index is 12.3. The predicted octanol–water partition coefficient (Wildman–Crippen LogP) is 3.56. The third-order valence-corrected chi connectivity index (χ3v) is 3.41. The molecule has 2 rings (SSSR count). The van der Waals surface area contributed by atoms with Gasteiger partial charge in [-0.25, -0.2) is 0 Å². The minimum atomic E-state index is -0.480. The van der Waals surface area contributed by atoms with Crippen LogP contribution in [0.2, 0.25) is 0 Å². The highest BCUT2D eigenvalue weighted by atomic mass is 16.5. The zero-order valence-corrected chi connectivity index (χ0v) is 13.8. The molecule has 0 aromatic heterocycles. The third kappa shape index (κ3) is 4.14. The summed E-state index contributed by atoms with van der Waals surface area (Å²) in [4.78, 5) is 12.3. The molecule has 0 atom stereocenters. The van der Waals surface area contributed by atoms with Gasteiger partial charge in [0.05, 0.1) is 14.2 Å². The zero-order valence-electron chi connectivity index (χ0n) is 13.8. The lowest BCUT2D eigenvalue weighted by atomic mass is 10.1. The van der Waals surface area contributed by atoms with Gasteiger partial charge in [0.1, 0.15) is 23.1 Å². The molecule has 0 bridgehead atoms. The van der Waals surface area contributed by atoms with Crippen LogP contribution in [0.1, 0.15) is 11.1 Å². The number of hydrogen-bond acceptors (Lipinski definition) is 4. The summed E-state index contributed by atoms with van der Waals surface area (Å²) in [6, 6.07) is 14.4. The largest absolute Gasteiger partial charge is 0.497 e. The summed E-state index contributed by atoms with van der Waals surface area (Å²) >= 11 is 0. The van der Waals surface area contributed by atoms with Crippen LogP contribution in [0.4, 0.5) is 5.69 Å². The monoisotopic (exact) mass is 322 g/mol.